The van der Waals surface area contributed by atoms with Gasteiger partial charge < -0.3 is 9.13 Å². The Morgan fingerprint density at radius 2 is 2.00 bits per heavy atom. The van der Waals surface area contributed by atoms with E-state index in [0.29, 0.717) is 0 Å². The Morgan fingerprint density at radius 1 is 1.14 bits per heavy atom. The standard InChI is InChI=1S/C22H20BrClN4S/c1-16-19(24)8-4-9-20(16)26-22-28(12-5-11-27-13-10-25-15-27)21(14-29-22)17-6-2-3-7-18(17)23/h2-4,6-10,13-15H,5,11-12H2,1H3. The molecule has 7 heteroatoms. The maximum absolute atomic E-state index is 6.30. The molecule has 148 valence electrons. The summed E-state index contributed by atoms with van der Waals surface area (Å²) in [5, 5.41) is 2.91. The van der Waals surface area contributed by atoms with Gasteiger partial charge in [-0.05, 0) is 37.1 Å². The van der Waals surface area contributed by atoms with Crippen molar-refractivity contribution in [3.05, 3.63) is 86.4 Å². The van der Waals surface area contributed by atoms with Crippen LogP contribution in [0, 0.1) is 6.92 Å². The van der Waals surface area contributed by atoms with Crippen molar-refractivity contribution in [2.75, 3.05) is 0 Å². The van der Waals surface area contributed by atoms with Crippen molar-refractivity contribution in [3.63, 3.8) is 0 Å². The summed E-state index contributed by atoms with van der Waals surface area (Å²) in [6.45, 7) is 3.78. The highest BCUT2D eigenvalue weighted by atomic mass is 79.9. The van der Waals surface area contributed by atoms with Crippen LogP contribution in [0.5, 0.6) is 0 Å². The quantitative estimate of drug-likeness (QED) is 0.307. The summed E-state index contributed by atoms with van der Waals surface area (Å²) in [6.07, 6.45) is 6.64. The molecular weight excluding hydrogens is 468 g/mol. The van der Waals surface area contributed by atoms with Crippen molar-refractivity contribution in [2.45, 2.75) is 26.4 Å². The van der Waals surface area contributed by atoms with E-state index < -0.39 is 0 Å². The van der Waals surface area contributed by atoms with Crippen LogP contribution in [0.2, 0.25) is 5.02 Å². The highest BCUT2D eigenvalue weighted by molar-refractivity contribution is 9.10. The first-order valence-corrected chi connectivity index (χ1v) is 11.4. The van der Waals surface area contributed by atoms with Crippen LogP contribution in [-0.2, 0) is 13.1 Å². The molecular formula is C22H20BrClN4S. The van der Waals surface area contributed by atoms with Crippen molar-refractivity contribution >= 4 is 44.6 Å². The molecule has 0 atom stereocenters. The molecule has 4 aromatic rings. The molecule has 2 aromatic carbocycles. The lowest BCUT2D eigenvalue weighted by molar-refractivity contribution is 0.559. The molecule has 4 rings (SSSR count). The third-order valence-electron chi connectivity index (χ3n) is 4.76. The monoisotopic (exact) mass is 486 g/mol. The topological polar surface area (TPSA) is 35.1 Å². The van der Waals surface area contributed by atoms with Crippen LogP contribution in [0.3, 0.4) is 0 Å². The lowest BCUT2D eigenvalue weighted by atomic mass is 10.2. The van der Waals surface area contributed by atoms with Gasteiger partial charge in [-0.15, -0.1) is 11.3 Å². The van der Waals surface area contributed by atoms with E-state index in [4.69, 9.17) is 16.6 Å². The molecule has 0 saturated heterocycles. The number of halogens is 2. The minimum absolute atomic E-state index is 0.737. The van der Waals surface area contributed by atoms with Gasteiger partial charge in [0.1, 0.15) is 0 Å². The van der Waals surface area contributed by atoms with Gasteiger partial charge in [0.2, 0.25) is 0 Å². The first-order valence-electron chi connectivity index (χ1n) is 9.32. The fraction of sp³-hybridized carbons (Fsp3) is 0.182. The van der Waals surface area contributed by atoms with E-state index in [9.17, 15) is 0 Å². The summed E-state index contributed by atoms with van der Waals surface area (Å²) >= 11 is 11.6. The third-order valence-corrected chi connectivity index (χ3v) is 6.72. The summed E-state index contributed by atoms with van der Waals surface area (Å²) in [5.41, 5.74) is 4.22. The van der Waals surface area contributed by atoms with E-state index in [1.54, 1.807) is 11.3 Å². The fourth-order valence-electron chi connectivity index (χ4n) is 3.17. The number of thiazole rings is 1. The maximum atomic E-state index is 6.30. The number of hydrogen-bond acceptors (Lipinski definition) is 3. The first kappa shape index (κ1) is 20.1. The summed E-state index contributed by atoms with van der Waals surface area (Å²) in [4.78, 5) is 10.0. The lowest BCUT2D eigenvalue weighted by Crippen LogP contribution is -2.17. The van der Waals surface area contributed by atoms with Crippen LogP contribution in [0.1, 0.15) is 12.0 Å². The molecule has 0 aliphatic carbocycles. The zero-order valence-electron chi connectivity index (χ0n) is 15.9. The van der Waals surface area contributed by atoms with E-state index in [1.807, 2.05) is 49.9 Å². The van der Waals surface area contributed by atoms with Gasteiger partial charge in [0, 0.05) is 45.9 Å². The average molecular weight is 488 g/mol. The molecule has 29 heavy (non-hydrogen) atoms. The maximum Gasteiger partial charge on any atom is 0.190 e. The summed E-state index contributed by atoms with van der Waals surface area (Å²) in [5.74, 6) is 0. The smallest absolute Gasteiger partial charge is 0.190 e. The average Bonchev–Trinajstić information content (AvgIpc) is 3.37. The molecule has 2 heterocycles. The predicted molar refractivity (Wildman–Crippen MR) is 124 cm³/mol. The van der Waals surface area contributed by atoms with Crippen LogP contribution in [0.25, 0.3) is 11.3 Å². The Balaban J connectivity index is 1.75. The van der Waals surface area contributed by atoms with Crippen molar-refractivity contribution in [3.8, 4) is 11.3 Å². The Morgan fingerprint density at radius 3 is 2.79 bits per heavy atom. The molecule has 0 radical (unpaired) electrons. The fourth-order valence-corrected chi connectivity index (χ4v) is 4.77. The van der Waals surface area contributed by atoms with E-state index in [-0.39, 0.29) is 0 Å². The van der Waals surface area contributed by atoms with Crippen molar-refractivity contribution in [1.82, 2.24) is 14.1 Å². The van der Waals surface area contributed by atoms with Crippen LogP contribution in [0.4, 0.5) is 5.69 Å². The number of nitrogens with zero attached hydrogens (tertiary/aromatic N) is 4. The van der Waals surface area contributed by atoms with Gasteiger partial charge in [0.05, 0.1) is 17.7 Å². The molecule has 0 amide bonds. The highest BCUT2D eigenvalue weighted by Gasteiger charge is 2.11. The number of aryl methyl sites for hydroxylation is 1. The Bertz CT molecular complexity index is 1180. The van der Waals surface area contributed by atoms with Gasteiger partial charge in [-0.1, -0.05) is 51.8 Å². The highest BCUT2D eigenvalue weighted by Crippen LogP contribution is 2.29. The van der Waals surface area contributed by atoms with Crippen LogP contribution in [-0.4, -0.2) is 14.1 Å². The molecule has 2 aromatic heterocycles. The number of imidazole rings is 1. The molecule has 0 bridgehead atoms. The van der Waals surface area contributed by atoms with Crippen molar-refractivity contribution in [2.24, 2.45) is 4.99 Å². The minimum Gasteiger partial charge on any atom is -0.337 e. The SMILES string of the molecule is Cc1c(Cl)cccc1N=c1scc(-c2ccccc2Br)n1CCCn1ccnc1. The predicted octanol–water partition coefficient (Wildman–Crippen LogP) is 6.46. The van der Waals surface area contributed by atoms with E-state index in [0.717, 1.165) is 56.3 Å². The van der Waals surface area contributed by atoms with Gasteiger partial charge in [-0.2, -0.15) is 0 Å². The number of hydrogen-bond donors (Lipinski definition) is 0. The molecule has 0 fully saturated rings. The first-order chi connectivity index (χ1) is 14.1. The minimum atomic E-state index is 0.737. The molecule has 0 unspecified atom stereocenters. The van der Waals surface area contributed by atoms with Gasteiger partial charge in [-0.25, -0.2) is 9.98 Å². The molecule has 4 nitrogen and oxygen atoms in total. The molecule has 0 N–H and O–H groups in total. The summed E-state index contributed by atoms with van der Waals surface area (Å²) < 4.78 is 5.47. The number of aromatic nitrogens is 3. The number of rotatable bonds is 6. The molecule has 0 spiro atoms. The largest absolute Gasteiger partial charge is 0.337 e. The third kappa shape index (κ3) is 4.55. The van der Waals surface area contributed by atoms with E-state index in [1.165, 1.54) is 0 Å². The van der Waals surface area contributed by atoms with Gasteiger partial charge >= 0.3 is 0 Å². The van der Waals surface area contributed by atoms with E-state index >= 15 is 0 Å². The molecule has 0 saturated carbocycles. The van der Waals surface area contributed by atoms with Gasteiger partial charge in [0.15, 0.2) is 4.80 Å². The second-order valence-corrected chi connectivity index (χ2v) is 8.78. The second kappa shape index (κ2) is 9.11. The van der Waals surface area contributed by atoms with Gasteiger partial charge in [-0.3, -0.25) is 0 Å². The second-order valence-electron chi connectivity index (χ2n) is 6.68. The van der Waals surface area contributed by atoms with Crippen LogP contribution >= 0.6 is 38.9 Å². The Kier molecular flexibility index (Phi) is 6.33. The Labute approximate surface area is 187 Å². The summed E-state index contributed by atoms with van der Waals surface area (Å²) in [6, 6.07) is 14.1. The van der Waals surface area contributed by atoms with Crippen molar-refractivity contribution in [1.29, 1.82) is 0 Å². The molecule has 0 aliphatic heterocycles. The zero-order chi connectivity index (χ0) is 20.2. The Hall–Kier alpha value is -2.15. The van der Waals surface area contributed by atoms with Crippen LogP contribution in [0.15, 0.2) is 76.0 Å². The van der Waals surface area contributed by atoms with Crippen molar-refractivity contribution < 1.29 is 0 Å². The normalized spacial score (nSPS) is 11.9. The zero-order valence-corrected chi connectivity index (χ0v) is 19.1. The van der Waals surface area contributed by atoms with E-state index in [2.05, 4.69) is 53.6 Å². The van der Waals surface area contributed by atoms with Crippen LogP contribution < -0.4 is 4.80 Å². The molecule has 0 aliphatic rings. The lowest BCUT2D eigenvalue weighted by Gasteiger charge is -2.11. The summed E-state index contributed by atoms with van der Waals surface area (Å²) in [7, 11) is 0. The number of benzene rings is 2. The van der Waals surface area contributed by atoms with Gasteiger partial charge in [0.25, 0.3) is 0 Å².